The average Bonchev–Trinajstić information content (AvgIpc) is 2.53. The molecule has 0 amide bonds. The molecule has 0 heterocycles. The van der Waals surface area contributed by atoms with E-state index < -0.39 is 5.41 Å². The van der Waals surface area contributed by atoms with Crippen LogP contribution in [-0.4, -0.2) is 5.11 Å². The fourth-order valence-electron chi connectivity index (χ4n) is 2.21. The summed E-state index contributed by atoms with van der Waals surface area (Å²) in [5, 5.41) is 18.4. The summed E-state index contributed by atoms with van der Waals surface area (Å²) in [6.07, 6.45) is 0. The summed E-state index contributed by atoms with van der Waals surface area (Å²) in [6, 6.07) is 17.5. The Bertz CT molecular complexity index is 656. The maximum absolute atomic E-state index is 9.31. The van der Waals surface area contributed by atoms with Crippen LogP contribution in [0.1, 0.15) is 30.5 Å². The van der Waals surface area contributed by atoms with Crippen molar-refractivity contribution in [2.24, 2.45) is 0 Å². The number of ether oxygens (including phenoxy) is 1. The molecule has 0 aliphatic heterocycles. The molecular weight excluding hydrogens is 262 g/mol. The van der Waals surface area contributed by atoms with Crippen LogP contribution in [0.25, 0.3) is 0 Å². The average molecular weight is 281 g/mol. The minimum Gasteiger partial charge on any atom is -0.489 e. The molecule has 108 valence electrons. The molecule has 0 saturated heterocycles. The van der Waals surface area contributed by atoms with E-state index in [1.54, 1.807) is 0 Å². The Morgan fingerprint density at radius 3 is 2.62 bits per heavy atom. The van der Waals surface area contributed by atoms with Gasteiger partial charge in [0.1, 0.15) is 12.4 Å². The SMILES string of the molecule is CC(C)(C#N)c1ccccc1COc1cccc(CO)c1. The lowest BCUT2D eigenvalue weighted by Crippen LogP contribution is -2.17. The molecule has 2 aromatic carbocycles. The van der Waals surface area contributed by atoms with Crippen LogP contribution >= 0.6 is 0 Å². The van der Waals surface area contributed by atoms with Gasteiger partial charge in [0.05, 0.1) is 18.1 Å². The van der Waals surface area contributed by atoms with Gasteiger partial charge < -0.3 is 9.84 Å². The van der Waals surface area contributed by atoms with Gasteiger partial charge in [-0.15, -0.1) is 0 Å². The Morgan fingerprint density at radius 2 is 1.90 bits per heavy atom. The van der Waals surface area contributed by atoms with Crippen molar-refractivity contribution in [2.75, 3.05) is 0 Å². The third kappa shape index (κ3) is 3.62. The predicted molar refractivity (Wildman–Crippen MR) is 81.8 cm³/mol. The second kappa shape index (κ2) is 6.43. The monoisotopic (exact) mass is 281 g/mol. The fraction of sp³-hybridized carbons (Fsp3) is 0.278. The standard InChI is InChI=1S/C18H19NO2/c1-18(2,13-19)17-9-4-3-7-15(17)12-21-16-8-5-6-14(10-16)11-20/h3-10,20H,11-12H2,1-2H3. The first-order valence-electron chi connectivity index (χ1n) is 6.89. The highest BCUT2D eigenvalue weighted by Gasteiger charge is 2.22. The van der Waals surface area contributed by atoms with E-state index in [2.05, 4.69) is 6.07 Å². The van der Waals surface area contributed by atoms with Gasteiger partial charge in [0.25, 0.3) is 0 Å². The number of hydrogen-bond acceptors (Lipinski definition) is 3. The van der Waals surface area contributed by atoms with E-state index in [0.717, 1.165) is 16.7 Å². The van der Waals surface area contributed by atoms with Crippen LogP contribution in [0.4, 0.5) is 0 Å². The van der Waals surface area contributed by atoms with Gasteiger partial charge in [0.2, 0.25) is 0 Å². The summed E-state index contributed by atoms with van der Waals surface area (Å²) in [6.45, 7) is 4.20. The molecule has 0 spiro atoms. The minimum atomic E-state index is -0.549. The lowest BCUT2D eigenvalue weighted by atomic mass is 9.83. The molecule has 0 saturated carbocycles. The van der Waals surface area contributed by atoms with Crippen molar-refractivity contribution in [3.05, 3.63) is 65.2 Å². The van der Waals surface area contributed by atoms with Crippen LogP contribution in [0, 0.1) is 11.3 Å². The molecule has 3 heteroatoms. The topological polar surface area (TPSA) is 53.2 Å². The van der Waals surface area contributed by atoms with E-state index in [4.69, 9.17) is 9.84 Å². The number of benzene rings is 2. The van der Waals surface area contributed by atoms with E-state index in [1.807, 2.05) is 62.4 Å². The van der Waals surface area contributed by atoms with Crippen molar-refractivity contribution in [3.8, 4) is 11.8 Å². The van der Waals surface area contributed by atoms with E-state index >= 15 is 0 Å². The molecule has 0 bridgehead atoms. The molecule has 0 aromatic heterocycles. The lowest BCUT2D eigenvalue weighted by Gasteiger charge is -2.20. The van der Waals surface area contributed by atoms with Crippen LogP contribution in [0.5, 0.6) is 5.75 Å². The van der Waals surface area contributed by atoms with Gasteiger partial charge in [0.15, 0.2) is 0 Å². The molecule has 21 heavy (non-hydrogen) atoms. The van der Waals surface area contributed by atoms with Gasteiger partial charge in [-0.05, 0) is 42.7 Å². The van der Waals surface area contributed by atoms with E-state index in [1.165, 1.54) is 0 Å². The Labute approximate surface area is 125 Å². The van der Waals surface area contributed by atoms with Gasteiger partial charge in [-0.3, -0.25) is 0 Å². The summed E-state index contributed by atoms with van der Waals surface area (Å²) in [7, 11) is 0. The highest BCUT2D eigenvalue weighted by Crippen LogP contribution is 2.26. The van der Waals surface area contributed by atoms with Gasteiger partial charge in [-0.25, -0.2) is 0 Å². The Kier molecular flexibility index (Phi) is 4.62. The zero-order chi connectivity index (χ0) is 15.3. The summed E-state index contributed by atoms with van der Waals surface area (Å²) in [5.74, 6) is 0.714. The number of hydrogen-bond donors (Lipinski definition) is 1. The highest BCUT2D eigenvalue weighted by atomic mass is 16.5. The maximum Gasteiger partial charge on any atom is 0.120 e. The Hall–Kier alpha value is -2.31. The number of aliphatic hydroxyl groups is 1. The van der Waals surface area contributed by atoms with Crippen molar-refractivity contribution in [3.63, 3.8) is 0 Å². The quantitative estimate of drug-likeness (QED) is 0.911. The van der Waals surface area contributed by atoms with Crippen molar-refractivity contribution in [1.29, 1.82) is 5.26 Å². The lowest BCUT2D eigenvalue weighted by molar-refractivity contribution is 0.277. The first kappa shape index (κ1) is 15.1. The number of rotatable bonds is 5. The summed E-state index contributed by atoms with van der Waals surface area (Å²) < 4.78 is 5.79. The van der Waals surface area contributed by atoms with E-state index in [9.17, 15) is 5.26 Å². The van der Waals surface area contributed by atoms with Gasteiger partial charge in [0, 0.05) is 0 Å². The predicted octanol–water partition coefficient (Wildman–Crippen LogP) is 3.56. The van der Waals surface area contributed by atoms with Crippen LogP contribution in [0.3, 0.4) is 0 Å². The third-order valence-electron chi connectivity index (χ3n) is 3.45. The molecule has 3 nitrogen and oxygen atoms in total. The summed E-state index contributed by atoms with van der Waals surface area (Å²) in [4.78, 5) is 0. The summed E-state index contributed by atoms with van der Waals surface area (Å²) >= 11 is 0. The molecule has 0 radical (unpaired) electrons. The summed E-state index contributed by atoms with van der Waals surface area (Å²) in [5.41, 5.74) is 2.25. The number of aliphatic hydroxyl groups excluding tert-OH is 1. The fourth-order valence-corrected chi connectivity index (χ4v) is 2.21. The molecular formula is C18H19NO2. The molecule has 0 fully saturated rings. The molecule has 1 N–H and O–H groups in total. The van der Waals surface area contributed by atoms with Gasteiger partial charge in [-0.2, -0.15) is 5.26 Å². The van der Waals surface area contributed by atoms with Crippen LogP contribution in [0.15, 0.2) is 48.5 Å². The van der Waals surface area contributed by atoms with Crippen molar-refractivity contribution < 1.29 is 9.84 Å². The highest BCUT2D eigenvalue weighted by molar-refractivity contribution is 5.38. The first-order valence-corrected chi connectivity index (χ1v) is 6.89. The van der Waals surface area contributed by atoms with Crippen molar-refractivity contribution >= 4 is 0 Å². The Balaban J connectivity index is 2.19. The molecule has 0 aliphatic carbocycles. The minimum absolute atomic E-state index is 0.00471. The molecule has 2 aromatic rings. The number of nitriles is 1. The van der Waals surface area contributed by atoms with E-state index in [-0.39, 0.29) is 6.61 Å². The number of nitrogens with zero attached hydrogens (tertiary/aromatic N) is 1. The third-order valence-corrected chi connectivity index (χ3v) is 3.45. The second-order valence-electron chi connectivity index (χ2n) is 5.49. The zero-order valence-electron chi connectivity index (χ0n) is 12.3. The maximum atomic E-state index is 9.31. The normalized spacial score (nSPS) is 11.0. The van der Waals surface area contributed by atoms with Gasteiger partial charge >= 0.3 is 0 Å². The molecule has 2 rings (SSSR count). The molecule has 0 aliphatic rings. The molecule has 0 atom stereocenters. The smallest absolute Gasteiger partial charge is 0.120 e. The van der Waals surface area contributed by atoms with Gasteiger partial charge in [-0.1, -0.05) is 36.4 Å². The van der Waals surface area contributed by atoms with Crippen LogP contribution in [-0.2, 0) is 18.6 Å². The van der Waals surface area contributed by atoms with Crippen molar-refractivity contribution in [1.82, 2.24) is 0 Å². The second-order valence-corrected chi connectivity index (χ2v) is 5.49. The molecule has 0 unspecified atom stereocenters. The van der Waals surface area contributed by atoms with E-state index in [0.29, 0.717) is 12.4 Å². The van der Waals surface area contributed by atoms with Crippen LogP contribution in [0.2, 0.25) is 0 Å². The van der Waals surface area contributed by atoms with Crippen molar-refractivity contribution in [2.45, 2.75) is 32.5 Å². The largest absolute Gasteiger partial charge is 0.489 e. The first-order chi connectivity index (χ1) is 10.1. The zero-order valence-corrected chi connectivity index (χ0v) is 12.3. The Morgan fingerprint density at radius 1 is 1.14 bits per heavy atom. The van der Waals surface area contributed by atoms with Crippen LogP contribution < -0.4 is 4.74 Å².